The quantitative estimate of drug-likeness (QED) is 0.793. The van der Waals surface area contributed by atoms with E-state index in [0.29, 0.717) is 6.07 Å². The Balaban J connectivity index is 3.27. The van der Waals surface area contributed by atoms with Crippen molar-refractivity contribution >= 4 is 22.0 Å². The average Bonchev–Trinajstić information content (AvgIpc) is 2.00. The Hall–Kier alpha value is -0.900. The van der Waals surface area contributed by atoms with Gasteiger partial charge in [0.1, 0.15) is 5.82 Å². The summed E-state index contributed by atoms with van der Waals surface area (Å²) >= 11 is 2.93. The van der Waals surface area contributed by atoms with Crippen LogP contribution in [0.1, 0.15) is 5.56 Å². The van der Waals surface area contributed by atoms with Gasteiger partial charge in [-0.3, -0.25) is 0 Å². The van der Waals surface area contributed by atoms with Crippen LogP contribution in [0.3, 0.4) is 0 Å². The molecule has 1 aromatic carbocycles. The van der Waals surface area contributed by atoms with Gasteiger partial charge < -0.3 is 5.11 Å². The highest BCUT2D eigenvalue weighted by Crippen LogP contribution is 2.23. The number of rotatable bonds is 1. The Morgan fingerprint density at radius 2 is 2.00 bits per heavy atom. The summed E-state index contributed by atoms with van der Waals surface area (Å²) in [5, 5.41) is 9.04. The number of hydrogen-bond acceptors (Lipinski definition) is 1. The zero-order valence-electron chi connectivity index (χ0n) is 5.89. The molecule has 0 aliphatic heterocycles. The molecule has 12 heavy (non-hydrogen) atoms. The van der Waals surface area contributed by atoms with Crippen LogP contribution in [0.25, 0.3) is 6.08 Å². The molecule has 0 saturated heterocycles. The van der Waals surface area contributed by atoms with Crippen molar-refractivity contribution in [1.82, 2.24) is 0 Å². The summed E-state index contributed by atoms with van der Waals surface area (Å²) < 4.78 is 25.2. The van der Waals surface area contributed by atoms with Crippen molar-refractivity contribution in [3.63, 3.8) is 0 Å². The lowest BCUT2D eigenvalue weighted by molar-refractivity contribution is 0.426. The van der Waals surface area contributed by atoms with Gasteiger partial charge >= 0.3 is 0 Å². The molecule has 0 spiro atoms. The minimum atomic E-state index is -0.962. The lowest BCUT2D eigenvalue weighted by atomic mass is 10.2. The van der Waals surface area contributed by atoms with Gasteiger partial charge in [0.25, 0.3) is 0 Å². The molecule has 0 atom stereocenters. The van der Waals surface area contributed by atoms with E-state index in [-0.39, 0.29) is 5.56 Å². The van der Waals surface area contributed by atoms with Gasteiger partial charge in [-0.1, -0.05) is 15.9 Å². The summed E-state index contributed by atoms with van der Waals surface area (Å²) in [6, 6.07) is 1.66. The van der Waals surface area contributed by atoms with Crippen molar-refractivity contribution in [2.24, 2.45) is 0 Å². The molecule has 0 radical (unpaired) electrons. The van der Waals surface area contributed by atoms with E-state index in [0.717, 1.165) is 6.07 Å². The van der Waals surface area contributed by atoms with E-state index in [9.17, 15) is 8.78 Å². The van der Waals surface area contributed by atoms with Gasteiger partial charge in [0.2, 0.25) is 0 Å². The molecule has 0 amide bonds. The molecule has 0 unspecified atom stereocenters. The summed E-state index contributed by atoms with van der Waals surface area (Å²) in [7, 11) is 0. The van der Waals surface area contributed by atoms with E-state index >= 15 is 0 Å². The normalized spacial score (nSPS) is 10.9. The molecule has 0 heterocycles. The van der Waals surface area contributed by atoms with Gasteiger partial charge in [0, 0.05) is 11.6 Å². The first-order valence-electron chi connectivity index (χ1n) is 3.10. The van der Waals surface area contributed by atoms with Gasteiger partial charge in [0.15, 0.2) is 11.6 Å². The molecule has 1 aromatic rings. The third-order valence-electron chi connectivity index (χ3n) is 1.30. The van der Waals surface area contributed by atoms with Crippen LogP contribution in [0.5, 0.6) is 5.75 Å². The van der Waals surface area contributed by atoms with Crippen LogP contribution in [0, 0.1) is 11.6 Å². The predicted octanol–water partition coefficient (Wildman–Crippen LogP) is 3.04. The van der Waals surface area contributed by atoms with Crippen LogP contribution in [0.4, 0.5) is 8.78 Å². The first-order valence-corrected chi connectivity index (χ1v) is 4.01. The second kappa shape index (κ2) is 3.67. The highest BCUT2D eigenvalue weighted by atomic mass is 79.9. The highest BCUT2D eigenvalue weighted by Gasteiger charge is 2.06. The zero-order chi connectivity index (χ0) is 9.14. The second-order valence-electron chi connectivity index (χ2n) is 2.12. The van der Waals surface area contributed by atoms with Crippen LogP contribution in [-0.2, 0) is 0 Å². The molecule has 0 aliphatic carbocycles. The van der Waals surface area contributed by atoms with E-state index < -0.39 is 17.4 Å². The number of halogens is 3. The van der Waals surface area contributed by atoms with Crippen LogP contribution in [0.2, 0.25) is 0 Å². The standard InChI is InChI=1S/C8H5BrF2O/c9-2-1-5-3-6(10)4-7(11)8(5)12/h1-4,12H/b2-1+. The summed E-state index contributed by atoms with van der Waals surface area (Å²) in [6.45, 7) is 0. The van der Waals surface area contributed by atoms with E-state index in [1.807, 2.05) is 0 Å². The molecular weight excluding hydrogens is 230 g/mol. The van der Waals surface area contributed by atoms with Crippen molar-refractivity contribution in [1.29, 1.82) is 0 Å². The van der Waals surface area contributed by atoms with Crippen LogP contribution < -0.4 is 0 Å². The van der Waals surface area contributed by atoms with Crippen molar-refractivity contribution < 1.29 is 13.9 Å². The van der Waals surface area contributed by atoms with Crippen molar-refractivity contribution in [3.05, 3.63) is 34.3 Å². The van der Waals surface area contributed by atoms with Gasteiger partial charge in [-0.25, -0.2) is 8.78 Å². The number of phenols is 1. The largest absolute Gasteiger partial charge is 0.504 e. The number of aromatic hydroxyl groups is 1. The van der Waals surface area contributed by atoms with E-state index in [1.165, 1.54) is 11.1 Å². The lowest BCUT2D eigenvalue weighted by Crippen LogP contribution is -1.84. The Labute approximate surface area is 76.5 Å². The SMILES string of the molecule is Oc1c(F)cc(F)cc1/C=C/Br. The van der Waals surface area contributed by atoms with Crippen LogP contribution in [-0.4, -0.2) is 5.11 Å². The number of hydrogen-bond donors (Lipinski definition) is 1. The molecular formula is C8H5BrF2O. The van der Waals surface area contributed by atoms with Gasteiger partial charge in [0.05, 0.1) is 0 Å². The smallest absolute Gasteiger partial charge is 0.168 e. The Morgan fingerprint density at radius 1 is 1.33 bits per heavy atom. The lowest BCUT2D eigenvalue weighted by Gasteiger charge is -1.99. The molecule has 1 rings (SSSR count). The van der Waals surface area contributed by atoms with Crippen molar-refractivity contribution in [3.8, 4) is 5.75 Å². The second-order valence-corrected chi connectivity index (χ2v) is 2.65. The summed E-state index contributed by atoms with van der Waals surface area (Å²) in [4.78, 5) is 1.40. The maximum absolute atomic E-state index is 12.6. The average molecular weight is 235 g/mol. The van der Waals surface area contributed by atoms with E-state index in [4.69, 9.17) is 5.11 Å². The molecule has 0 aromatic heterocycles. The van der Waals surface area contributed by atoms with Crippen LogP contribution in [0.15, 0.2) is 17.1 Å². The fourth-order valence-corrected chi connectivity index (χ4v) is 1.07. The first kappa shape index (κ1) is 9.19. The minimum Gasteiger partial charge on any atom is -0.504 e. The Kier molecular flexibility index (Phi) is 2.81. The third-order valence-corrected chi connectivity index (χ3v) is 1.56. The topological polar surface area (TPSA) is 20.2 Å². The van der Waals surface area contributed by atoms with Crippen molar-refractivity contribution in [2.75, 3.05) is 0 Å². The molecule has 4 heteroatoms. The molecule has 0 saturated carbocycles. The molecule has 0 aliphatic rings. The molecule has 1 N–H and O–H groups in total. The van der Waals surface area contributed by atoms with Gasteiger partial charge in [-0.15, -0.1) is 0 Å². The third kappa shape index (κ3) is 1.82. The Bertz CT molecular complexity index is 323. The Morgan fingerprint density at radius 3 is 2.58 bits per heavy atom. The summed E-state index contributed by atoms with van der Waals surface area (Å²) in [6.07, 6.45) is 1.35. The predicted molar refractivity (Wildman–Crippen MR) is 46.0 cm³/mol. The zero-order valence-corrected chi connectivity index (χ0v) is 7.48. The molecule has 0 fully saturated rings. The van der Waals surface area contributed by atoms with Crippen LogP contribution >= 0.6 is 15.9 Å². The molecule has 1 nitrogen and oxygen atoms in total. The first-order chi connectivity index (χ1) is 5.65. The minimum absolute atomic E-state index is 0.101. The fraction of sp³-hybridized carbons (Fsp3) is 0. The highest BCUT2D eigenvalue weighted by molar-refractivity contribution is 9.11. The monoisotopic (exact) mass is 234 g/mol. The van der Waals surface area contributed by atoms with Gasteiger partial charge in [-0.2, -0.15) is 0 Å². The van der Waals surface area contributed by atoms with Gasteiger partial charge in [-0.05, 0) is 17.1 Å². The summed E-state index contributed by atoms with van der Waals surface area (Å²) in [5.41, 5.74) is 0.101. The molecule has 0 bridgehead atoms. The van der Waals surface area contributed by atoms with Crippen molar-refractivity contribution in [2.45, 2.75) is 0 Å². The fourth-order valence-electron chi connectivity index (χ4n) is 0.781. The summed E-state index contributed by atoms with van der Waals surface area (Å²) in [5.74, 6) is -2.23. The molecule has 64 valence electrons. The maximum Gasteiger partial charge on any atom is 0.168 e. The van der Waals surface area contributed by atoms with E-state index in [2.05, 4.69) is 15.9 Å². The number of phenolic OH excluding ortho intramolecular Hbond substituents is 1. The van der Waals surface area contributed by atoms with E-state index in [1.54, 1.807) is 0 Å². The number of benzene rings is 1. The maximum atomic E-state index is 12.6.